The van der Waals surface area contributed by atoms with Gasteiger partial charge in [-0.05, 0) is 38.5 Å². The minimum Gasteiger partial charge on any atom is -0.493 e. The Kier molecular flexibility index (Phi) is 5.62. The van der Waals surface area contributed by atoms with Gasteiger partial charge in [-0.3, -0.25) is 4.79 Å². The summed E-state index contributed by atoms with van der Waals surface area (Å²) in [6, 6.07) is 2.36. The van der Waals surface area contributed by atoms with Gasteiger partial charge in [0.1, 0.15) is 11.4 Å². The smallest absolute Gasteiger partial charge is 0.410 e. The topological polar surface area (TPSA) is 77.4 Å². The summed E-state index contributed by atoms with van der Waals surface area (Å²) in [5, 5.41) is 9.70. The lowest BCUT2D eigenvalue weighted by molar-refractivity contribution is -0.173. The highest BCUT2D eigenvalue weighted by Gasteiger charge is 2.47. The van der Waals surface area contributed by atoms with E-state index in [1.54, 1.807) is 39.0 Å². The van der Waals surface area contributed by atoms with Crippen molar-refractivity contribution in [1.82, 2.24) is 15.1 Å². The third kappa shape index (κ3) is 4.31. The normalized spacial score (nSPS) is 18.9. The highest BCUT2D eigenvalue weighted by molar-refractivity contribution is 5.99. The van der Waals surface area contributed by atoms with Gasteiger partial charge in [0.15, 0.2) is 17.5 Å². The Bertz CT molecular complexity index is 934. The minimum atomic E-state index is -4.53. The van der Waals surface area contributed by atoms with Crippen LogP contribution in [0, 0.1) is 0 Å². The van der Waals surface area contributed by atoms with E-state index in [2.05, 4.69) is 15.7 Å². The van der Waals surface area contributed by atoms with Gasteiger partial charge in [-0.15, -0.1) is 0 Å². The quantitative estimate of drug-likeness (QED) is 0.770. The second-order valence-electron chi connectivity index (χ2n) is 8.16. The van der Waals surface area contributed by atoms with Gasteiger partial charge >= 0.3 is 6.18 Å². The third-order valence-electron chi connectivity index (χ3n) is 4.78. The molecule has 2 heterocycles. The van der Waals surface area contributed by atoms with E-state index >= 15 is 0 Å². The first-order valence-electron chi connectivity index (χ1n) is 9.40. The van der Waals surface area contributed by atoms with Crippen LogP contribution < -0.4 is 20.1 Å². The van der Waals surface area contributed by atoms with Crippen LogP contribution in [0.5, 0.6) is 11.5 Å². The maximum Gasteiger partial charge on any atom is 0.410 e. The number of alkyl halides is 3. The van der Waals surface area contributed by atoms with Crippen molar-refractivity contribution in [1.29, 1.82) is 0 Å². The van der Waals surface area contributed by atoms with Crippen molar-refractivity contribution in [2.75, 3.05) is 19.5 Å². The van der Waals surface area contributed by atoms with E-state index < -0.39 is 29.7 Å². The molecule has 0 saturated carbocycles. The number of hydrogen-bond acceptors (Lipinski definition) is 5. The lowest BCUT2D eigenvalue weighted by atomic mass is 9.96. The summed E-state index contributed by atoms with van der Waals surface area (Å²) in [7, 11) is 2.94. The summed E-state index contributed by atoms with van der Waals surface area (Å²) in [6.07, 6.45) is -3.65. The van der Waals surface area contributed by atoms with Crippen molar-refractivity contribution in [3.05, 3.63) is 35.5 Å². The van der Waals surface area contributed by atoms with Crippen LogP contribution >= 0.6 is 0 Å². The number of rotatable bonds is 4. The monoisotopic (exact) mass is 426 g/mol. The van der Waals surface area contributed by atoms with Gasteiger partial charge in [0.25, 0.3) is 5.91 Å². The SMILES string of the molecule is COc1ccc([C@H]2C[C@H](C(F)(F)F)n3ncc(C(=O)NC(C)(C)C)c3N2)cc1OC. The van der Waals surface area contributed by atoms with Gasteiger partial charge < -0.3 is 20.1 Å². The summed E-state index contributed by atoms with van der Waals surface area (Å²) in [5.74, 6) is 0.417. The molecule has 0 aliphatic carbocycles. The van der Waals surface area contributed by atoms with Crippen LogP contribution in [0.3, 0.4) is 0 Å². The number of benzene rings is 1. The molecule has 0 spiro atoms. The summed E-state index contributed by atoms with van der Waals surface area (Å²) in [4.78, 5) is 12.7. The van der Waals surface area contributed by atoms with E-state index in [0.29, 0.717) is 17.1 Å². The molecule has 2 atom stereocenters. The molecule has 1 aliphatic heterocycles. The first kappa shape index (κ1) is 21.8. The Hall–Kier alpha value is -2.91. The highest BCUT2D eigenvalue weighted by atomic mass is 19.4. The van der Waals surface area contributed by atoms with Crippen LogP contribution in [0.25, 0.3) is 0 Å². The lowest BCUT2D eigenvalue weighted by Gasteiger charge is -2.34. The fourth-order valence-corrected chi connectivity index (χ4v) is 3.42. The van der Waals surface area contributed by atoms with Gasteiger partial charge in [0.2, 0.25) is 0 Å². The van der Waals surface area contributed by atoms with Crippen LogP contribution in [-0.2, 0) is 0 Å². The number of nitrogens with zero attached hydrogens (tertiary/aromatic N) is 2. The standard InChI is InChI=1S/C20H25F3N4O3/c1-19(2,3)26-18(28)12-10-24-27-16(20(21,22)23)9-13(25-17(12)27)11-6-7-14(29-4)15(8-11)30-5/h6-8,10,13,16,25H,9H2,1-5H3,(H,26,28)/t13-,16-/m1/s1. The van der Waals surface area contributed by atoms with Crippen molar-refractivity contribution in [2.24, 2.45) is 0 Å². The van der Waals surface area contributed by atoms with Crippen LogP contribution in [0.4, 0.5) is 19.0 Å². The van der Waals surface area contributed by atoms with Crippen LogP contribution in [0.1, 0.15) is 55.2 Å². The van der Waals surface area contributed by atoms with E-state index in [4.69, 9.17) is 9.47 Å². The molecule has 2 N–H and O–H groups in total. The van der Waals surface area contributed by atoms with Gasteiger partial charge in [-0.25, -0.2) is 4.68 Å². The molecule has 1 aromatic carbocycles. The summed E-state index contributed by atoms with van der Waals surface area (Å²) in [5.41, 5.74) is 0.0908. The van der Waals surface area contributed by atoms with Gasteiger partial charge in [-0.2, -0.15) is 18.3 Å². The Morgan fingerprint density at radius 1 is 1.20 bits per heavy atom. The molecule has 7 nitrogen and oxygen atoms in total. The molecule has 10 heteroatoms. The average molecular weight is 426 g/mol. The fourth-order valence-electron chi connectivity index (χ4n) is 3.42. The second-order valence-corrected chi connectivity index (χ2v) is 8.16. The maximum absolute atomic E-state index is 13.8. The molecular weight excluding hydrogens is 401 g/mol. The Balaban J connectivity index is 2.03. The third-order valence-corrected chi connectivity index (χ3v) is 4.78. The number of amides is 1. The van der Waals surface area contributed by atoms with Crippen molar-refractivity contribution in [3.63, 3.8) is 0 Å². The van der Waals surface area contributed by atoms with Crippen molar-refractivity contribution >= 4 is 11.7 Å². The number of halogens is 3. The molecule has 0 unspecified atom stereocenters. The Labute approximate surface area is 172 Å². The molecular formula is C20H25F3N4O3. The molecule has 164 valence electrons. The summed E-state index contributed by atoms with van der Waals surface area (Å²) < 4.78 is 52.8. The molecule has 0 bridgehead atoms. The molecule has 1 aromatic heterocycles. The first-order chi connectivity index (χ1) is 13.9. The van der Waals surface area contributed by atoms with E-state index in [1.165, 1.54) is 20.4 Å². The second kappa shape index (κ2) is 7.73. The average Bonchev–Trinajstić information content (AvgIpc) is 3.08. The van der Waals surface area contributed by atoms with Gasteiger partial charge in [0, 0.05) is 12.0 Å². The van der Waals surface area contributed by atoms with E-state index in [-0.39, 0.29) is 17.8 Å². The molecule has 0 fully saturated rings. The fraction of sp³-hybridized carbons (Fsp3) is 0.500. The van der Waals surface area contributed by atoms with E-state index in [1.807, 2.05) is 0 Å². The molecule has 0 radical (unpaired) electrons. The number of ether oxygens (including phenoxy) is 2. The number of carbonyl (C=O) groups excluding carboxylic acids is 1. The van der Waals surface area contributed by atoms with Crippen molar-refractivity contribution < 1.29 is 27.4 Å². The zero-order chi connectivity index (χ0) is 22.3. The van der Waals surface area contributed by atoms with Crippen LogP contribution in [-0.4, -0.2) is 41.6 Å². The van der Waals surface area contributed by atoms with E-state index in [9.17, 15) is 18.0 Å². The molecule has 1 aliphatic rings. The minimum absolute atomic E-state index is 0.0325. The van der Waals surface area contributed by atoms with Crippen molar-refractivity contribution in [2.45, 2.75) is 51.0 Å². The number of methoxy groups -OCH3 is 2. The number of hydrogen-bond donors (Lipinski definition) is 2. The summed E-state index contributed by atoms with van der Waals surface area (Å²) in [6.45, 7) is 5.37. The molecule has 3 rings (SSSR count). The summed E-state index contributed by atoms with van der Waals surface area (Å²) >= 11 is 0. The zero-order valence-corrected chi connectivity index (χ0v) is 17.4. The maximum atomic E-state index is 13.8. The molecule has 30 heavy (non-hydrogen) atoms. The van der Waals surface area contributed by atoms with Gasteiger partial charge in [0.05, 0.1) is 26.5 Å². The predicted octanol–water partition coefficient (Wildman–Crippen LogP) is 4.09. The molecule has 0 saturated heterocycles. The lowest BCUT2D eigenvalue weighted by Crippen LogP contribution is -2.41. The molecule has 1 amide bonds. The molecule has 2 aromatic rings. The largest absolute Gasteiger partial charge is 0.493 e. The first-order valence-corrected chi connectivity index (χ1v) is 9.40. The predicted molar refractivity (Wildman–Crippen MR) is 105 cm³/mol. The van der Waals surface area contributed by atoms with Gasteiger partial charge in [-0.1, -0.05) is 6.07 Å². The van der Waals surface area contributed by atoms with Crippen LogP contribution in [0.15, 0.2) is 24.4 Å². The van der Waals surface area contributed by atoms with Crippen molar-refractivity contribution in [3.8, 4) is 11.5 Å². The number of aromatic nitrogens is 2. The Morgan fingerprint density at radius 2 is 1.87 bits per heavy atom. The van der Waals surface area contributed by atoms with Crippen LogP contribution in [0.2, 0.25) is 0 Å². The number of fused-ring (bicyclic) bond motifs is 1. The zero-order valence-electron chi connectivity index (χ0n) is 17.4. The van der Waals surface area contributed by atoms with E-state index in [0.717, 1.165) is 4.68 Å². The highest BCUT2D eigenvalue weighted by Crippen LogP contribution is 2.45. The Morgan fingerprint density at radius 3 is 2.43 bits per heavy atom. The number of carbonyl (C=O) groups is 1. The number of nitrogens with one attached hydrogen (secondary N) is 2. The number of anilines is 1.